The fraction of sp³-hybridized carbons (Fsp3) is 0.190. The highest BCUT2D eigenvalue weighted by Crippen LogP contribution is 2.23. The molecule has 3 rings (SSSR count). The Hall–Kier alpha value is -3.48. The second kappa shape index (κ2) is 8.94. The Morgan fingerprint density at radius 2 is 1.93 bits per heavy atom. The fourth-order valence-electron chi connectivity index (χ4n) is 2.72. The van der Waals surface area contributed by atoms with Crippen LogP contribution < -0.4 is 15.6 Å². The van der Waals surface area contributed by atoms with Gasteiger partial charge in [0.15, 0.2) is 0 Å². The third kappa shape index (κ3) is 4.82. The molecule has 0 aliphatic rings. The van der Waals surface area contributed by atoms with Crippen LogP contribution in [0.4, 0.5) is 4.39 Å². The Bertz CT molecular complexity index is 1020. The molecule has 1 aromatic heterocycles. The Labute approximate surface area is 161 Å². The molecule has 7 heteroatoms. The number of halogens is 1. The van der Waals surface area contributed by atoms with Crippen LogP contribution in [-0.4, -0.2) is 29.3 Å². The van der Waals surface area contributed by atoms with Crippen LogP contribution in [0.1, 0.15) is 5.56 Å². The Balaban J connectivity index is 1.68. The highest BCUT2D eigenvalue weighted by atomic mass is 19.1. The number of carbonyl (C=O) groups is 1. The van der Waals surface area contributed by atoms with E-state index in [1.807, 2.05) is 30.3 Å². The average Bonchev–Trinajstić information content (AvgIpc) is 2.70. The predicted molar refractivity (Wildman–Crippen MR) is 104 cm³/mol. The van der Waals surface area contributed by atoms with E-state index in [0.717, 1.165) is 10.2 Å². The monoisotopic (exact) mass is 381 g/mol. The number of ether oxygens (including phenoxy) is 1. The molecule has 1 heterocycles. The predicted octanol–water partition coefficient (Wildman–Crippen LogP) is 2.42. The first-order valence-electron chi connectivity index (χ1n) is 8.79. The van der Waals surface area contributed by atoms with Gasteiger partial charge in [0.1, 0.15) is 18.1 Å². The first-order chi connectivity index (χ1) is 13.6. The molecule has 3 aromatic rings. The van der Waals surface area contributed by atoms with Crippen LogP contribution in [-0.2, 0) is 17.8 Å². The van der Waals surface area contributed by atoms with Crippen molar-refractivity contribution in [2.75, 3.05) is 13.7 Å². The van der Waals surface area contributed by atoms with Crippen molar-refractivity contribution < 1.29 is 13.9 Å². The summed E-state index contributed by atoms with van der Waals surface area (Å²) in [6, 6.07) is 16.8. The van der Waals surface area contributed by atoms with Crippen LogP contribution in [0.3, 0.4) is 0 Å². The summed E-state index contributed by atoms with van der Waals surface area (Å²) in [6.07, 6.45) is 0.687. The minimum Gasteiger partial charge on any atom is -0.497 e. The fourth-order valence-corrected chi connectivity index (χ4v) is 2.72. The van der Waals surface area contributed by atoms with Crippen LogP contribution in [0.15, 0.2) is 65.5 Å². The number of aromatic nitrogens is 2. The maximum atomic E-state index is 14.3. The molecule has 0 fully saturated rings. The van der Waals surface area contributed by atoms with Gasteiger partial charge in [-0.05, 0) is 30.2 Å². The van der Waals surface area contributed by atoms with E-state index in [9.17, 15) is 14.0 Å². The normalized spacial score (nSPS) is 10.5. The Morgan fingerprint density at radius 1 is 1.14 bits per heavy atom. The quantitative estimate of drug-likeness (QED) is 0.682. The summed E-state index contributed by atoms with van der Waals surface area (Å²) in [5.74, 6) is -0.477. The SMILES string of the molecule is COc1ccc(-c2ccc(=O)n(CC(=O)NCCc3ccccc3)n2)c(F)c1. The third-order valence-electron chi connectivity index (χ3n) is 4.19. The average molecular weight is 381 g/mol. The second-order valence-electron chi connectivity index (χ2n) is 6.15. The summed E-state index contributed by atoms with van der Waals surface area (Å²) in [6.45, 7) is 0.212. The lowest BCUT2D eigenvalue weighted by atomic mass is 10.1. The summed E-state index contributed by atoms with van der Waals surface area (Å²) in [7, 11) is 1.45. The Kier molecular flexibility index (Phi) is 6.16. The van der Waals surface area contributed by atoms with Gasteiger partial charge in [0.25, 0.3) is 5.56 Å². The number of amides is 1. The molecule has 0 saturated carbocycles. The largest absolute Gasteiger partial charge is 0.497 e. The summed E-state index contributed by atoms with van der Waals surface area (Å²) in [5, 5.41) is 6.89. The number of nitrogens with one attached hydrogen (secondary N) is 1. The van der Waals surface area contributed by atoms with E-state index < -0.39 is 11.4 Å². The van der Waals surface area contributed by atoms with Gasteiger partial charge in [-0.1, -0.05) is 30.3 Å². The molecule has 0 bridgehead atoms. The van der Waals surface area contributed by atoms with Gasteiger partial charge in [-0.3, -0.25) is 9.59 Å². The van der Waals surface area contributed by atoms with Crippen LogP contribution in [0.2, 0.25) is 0 Å². The van der Waals surface area contributed by atoms with Crippen LogP contribution in [0.5, 0.6) is 5.75 Å². The van der Waals surface area contributed by atoms with Crippen molar-refractivity contribution >= 4 is 5.91 Å². The topological polar surface area (TPSA) is 73.2 Å². The van der Waals surface area contributed by atoms with E-state index in [2.05, 4.69) is 10.4 Å². The number of methoxy groups -OCH3 is 1. The minimum absolute atomic E-state index is 0.221. The number of hydrogen-bond donors (Lipinski definition) is 1. The molecule has 144 valence electrons. The van der Waals surface area contributed by atoms with E-state index in [4.69, 9.17) is 4.74 Å². The summed E-state index contributed by atoms with van der Waals surface area (Å²) < 4.78 is 20.3. The van der Waals surface area contributed by atoms with Gasteiger partial charge in [0.05, 0.1) is 12.8 Å². The molecule has 0 saturated heterocycles. The molecule has 0 radical (unpaired) electrons. The lowest BCUT2D eigenvalue weighted by molar-refractivity contribution is -0.121. The lowest BCUT2D eigenvalue weighted by Gasteiger charge is -2.09. The number of benzene rings is 2. The first kappa shape index (κ1) is 19.3. The van der Waals surface area contributed by atoms with Crippen molar-refractivity contribution in [2.24, 2.45) is 0 Å². The van der Waals surface area contributed by atoms with Crippen molar-refractivity contribution in [3.05, 3.63) is 82.4 Å². The molecule has 1 N–H and O–H groups in total. The molecule has 0 aliphatic heterocycles. The maximum Gasteiger partial charge on any atom is 0.267 e. The van der Waals surface area contributed by atoms with Gasteiger partial charge in [0.2, 0.25) is 5.91 Å². The van der Waals surface area contributed by atoms with Gasteiger partial charge in [-0.2, -0.15) is 5.10 Å². The van der Waals surface area contributed by atoms with Crippen molar-refractivity contribution in [1.82, 2.24) is 15.1 Å². The highest BCUT2D eigenvalue weighted by molar-refractivity contribution is 5.75. The lowest BCUT2D eigenvalue weighted by Crippen LogP contribution is -2.34. The number of rotatable bonds is 7. The van der Waals surface area contributed by atoms with Gasteiger partial charge >= 0.3 is 0 Å². The number of nitrogens with zero attached hydrogens (tertiary/aromatic N) is 2. The van der Waals surface area contributed by atoms with Gasteiger partial charge < -0.3 is 10.1 Å². The minimum atomic E-state index is -0.524. The van der Waals surface area contributed by atoms with Crippen LogP contribution >= 0.6 is 0 Å². The van der Waals surface area contributed by atoms with E-state index in [0.29, 0.717) is 18.7 Å². The molecule has 0 unspecified atom stereocenters. The van der Waals surface area contributed by atoms with Crippen molar-refractivity contribution in [3.8, 4) is 17.0 Å². The molecule has 0 aliphatic carbocycles. The Morgan fingerprint density at radius 3 is 2.64 bits per heavy atom. The number of carbonyl (C=O) groups excluding carboxylic acids is 1. The van der Waals surface area contributed by atoms with E-state index in [1.165, 1.54) is 31.4 Å². The third-order valence-corrected chi connectivity index (χ3v) is 4.19. The van der Waals surface area contributed by atoms with Gasteiger partial charge in [0, 0.05) is 24.2 Å². The van der Waals surface area contributed by atoms with Crippen molar-refractivity contribution in [1.29, 1.82) is 0 Å². The molecule has 0 atom stereocenters. The first-order valence-corrected chi connectivity index (χ1v) is 8.79. The smallest absolute Gasteiger partial charge is 0.267 e. The summed E-state index contributed by atoms with van der Waals surface area (Å²) in [4.78, 5) is 24.2. The van der Waals surface area contributed by atoms with Crippen LogP contribution in [0, 0.1) is 5.82 Å². The molecule has 2 aromatic carbocycles. The van der Waals surface area contributed by atoms with Crippen molar-refractivity contribution in [2.45, 2.75) is 13.0 Å². The standard InChI is InChI=1S/C21H20FN3O3/c1-28-16-7-8-17(18(22)13-16)19-9-10-21(27)25(24-19)14-20(26)23-12-11-15-5-3-2-4-6-15/h2-10,13H,11-12,14H2,1H3,(H,23,26). The molecule has 6 nitrogen and oxygen atoms in total. The summed E-state index contributed by atoms with van der Waals surface area (Å²) >= 11 is 0. The summed E-state index contributed by atoms with van der Waals surface area (Å²) in [5.41, 5.74) is 1.15. The van der Waals surface area contributed by atoms with Crippen LogP contribution in [0.25, 0.3) is 11.3 Å². The molecular weight excluding hydrogens is 361 g/mol. The molecule has 1 amide bonds. The highest BCUT2D eigenvalue weighted by Gasteiger charge is 2.11. The zero-order chi connectivity index (χ0) is 19.9. The maximum absolute atomic E-state index is 14.3. The molecule has 28 heavy (non-hydrogen) atoms. The zero-order valence-electron chi connectivity index (χ0n) is 15.4. The zero-order valence-corrected chi connectivity index (χ0v) is 15.4. The molecule has 0 spiro atoms. The number of hydrogen-bond acceptors (Lipinski definition) is 4. The van der Waals surface area contributed by atoms with E-state index >= 15 is 0 Å². The molecular formula is C21H20FN3O3. The van der Waals surface area contributed by atoms with Crippen molar-refractivity contribution in [3.63, 3.8) is 0 Å². The van der Waals surface area contributed by atoms with E-state index in [1.54, 1.807) is 6.07 Å². The van der Waals surface area contributed by atoms with Gasteiger partial charge in [-0.25, -0.2) is 9.07 Å². The second-order valence-corrected chi connectivity index (χ2v) is 6.15. The van der Waals surface area contributed by atoms with E-state index in [-0.39, 0.29) is 23.7 Å². The van der Waals surface area contributed by atoms with Gasteiger partial charge in [-0.15, -0.1) is 0 Å².